The Morgan fingerprint density at radius 1 is 1.20 bits per heavy atom. The second kappa shape index (κ2) is 6.73. The summed E-state index contributed by atoms with van der Waals surface area (Å²) in [5, 5.41) is 2.80. The Morgan fingerprint density at radius 3 is 2.75 bits per heavy atom. The van der Waals surface area contributed by atoms with E-state index in [4.69, 9.17) is 10.5 Å². The van der Waals surface area contributed by atoms with Crippen molar-refractivity contribution in [1.82, 2.24) is 0 Å². The summed E-state index contributed by atoms with van der Waals surface area (Å²) in [7, 11) is 0. The fraction of sp³-hybridized carbons (Fsp3) is 0.188. The molecule has 1 amide bonds. The van der Waals surface area contributed by atoms with Crippen LogP contribution in [0.4, 0.5) is 5.69 Å². The maximum atomic E-state index is 11.9. The lowest BCUT2D eigenvalue weighted by atomic mass is 10.2. The Hall–Kier alpha value is -2.33. The van der Waals surface area contributed by atoms with Gasteiger partial charge in [0.2, 0.25) is 0 Å². The van der Waals surface area contributed by atoms with E-state index < -0.39 is 0 Å². The van der Waals surface area contributed by atoms with Crippen LogP contribution in [0.5, 0.6) is 5.75 Å². The van der Waals surface area contributed by atoms with Crippen molar-refractivity contribution in [3.05, 3.63) is 59.7 Å². The minimum atomic E-state index is -0.201. The summed E-state index contributed by atoms with van der Waals surface area (Å²) in [6.07, 6.45) is 0. The second-order valence-electron chi connectivity index (χ2n) is 4.51. The van der Waals surface area contributed by atoms with E-state index in [0.717, 1.165) is 16.8 Å². The third-order valence-electron chi connectivity index (χ3n) is 2.87. The molecule has 0 aliphatic carbocycles. The van der Waals surface area contributed by atoms with Crippen molar-refractivity contribution in [2.45, 2.75) is 13.5 Å². The summed E-state index contributed by atoms with van der Waals surface area (Å²) in [4.78, 5) is 11.9. The molecular formula is C16H18N2O2. The van der Waals surface area contributed by atoms with E-state index in [1.807, 2.05) is 55.5 Å². The van der Waals surface area contributed by atoms with Gasteiger partial charge in [0.25, 0.3) is 5.91 Å². The maximum absolute atomic E-state index is 11.9. The van der Waals surface area contributed by atoms with Crippen LogP contribution >= 0.6 is 0 Å². The predicted molar refractivity (Wildman–Crippen MR) is 79.6 cm³/mol. The molecule has 0 fully saturated rings. The van der Waals surface area contributed by atoms with Gasteiger partial charge in [-0.25, -0.2) is 0 Å². The average Bonchev–Trinajstić information content (AvgIpc) is 2.46. The number of rotatable bonds is 5. The van der Waals surface area contributed by atoms with E-state index in [2.05, 4.69) is 5.32 Å². The molecule has 4 heteroatoms. The van der Waals surface area contributed by atoms with Gasteiger partial charge in [-0.15, -0.1) is 0 Å². The van der Waals surface area contributed by atoms with E-state index in [1.165, 1.54) is 0 Å². The lowest BCUT2D eigenvalue weighted by Gasteiger charge is -2.10. The number of hydrogen-bond acceptors (Lipinski definition) is 3. The first kappa shape index (κ1) is 14.1. The molecule has 0 heterocycles. The fourth-order valence-electron chi connectivity index (χ4n) is 1.86. The molecule has 0 saturated heterocycles. The fourth-order valence-corrected chi connectivity index (χ4v) is 1.86. The highest BCUT2D eigenvalue weighted by atomic mass is 16.5. The van der Waals surface area contributed by atoms with E-state index in [-0.39, 0.29) is 12.5 Å². The first-order valence-electron chi connectivity index (χ1n) is 6.46. The molecule has 2 aromatic rings. The number of carbonyl (C=O) groups excluding carboxylic acids is 1. The lowest BCUT2D eigenvalue weighted by molar-refractivity contribution is -0.118. The minimum absolute atomic E-state index is 0.0254. The monoisotopic (exact) mass is 270 g/mol. The highest BCUT2D eigenvalue weighted by Gasteiger charge is 2.06. The summed E-state index contributed by atoms with van der Waals surface area (Å²) >= 11 is 0. The van der Waals surface area contributed by atoms with Crippen molar-refractivity contribution < 1.29 is 9.53 Å². The van der Waals surface area contributed by atoms with Gasteiger partial charge in [0.15, 0.2) is 6.61 Å². The van der Waals surface area contributed by atoms with E-state index in [1.54, 1.807) is 0 Å². The Bertz CT molecular complexity index is 597. The summed E-state index contributed by atoms with van der Waals surface area (Å²) in [5.74, 6) is 0.486. The molecule has 2 aromatic carbocycles. The first-order chi connectivity index (χ1) is 9.69. The highest BCUT2D eigenvalue weighted by Crippen LogP contribution is 2.15. The number of carbonyl (C=O) groups is 1. The number of hydrogen-bond donors (Lipinski definition) is 2. The maximum Gasteiger partial charge on any atom is 0.262 e. The van der Waals surface area contributed by atoms with Gasteiger partial charge in [-0.3, -0.25) is 4.79 Å². The van der Waals surface area contributed by atoms with Crippen LogP contribution < -0.4 is 15.8 Å². The van der Waals surface area contributed by atoms with Crippen molar-refractivity contribution in [3.63, 3.8) is 0 Å². The van der Waals surface area contributed by atoms with E-state index in [0.29, 0.717) is 12.3 Å². The van der Waals surface area contributed by atoms with Gasteiger partial charge >= 0.3 is 0 Å². The average molecular weight is 270 g/mol. The number of amides is 1. The molecule has 0 atom stereocenters. The number of nitrogens with two attached hydrogens (primary N) is 1. The van der Waals surface area contributed by atoms with Crippen LogP contribution in [-0.2, 0) is 11.3 Å². The Kier molecular flexibility index (Phi) is 4.74. The largest absolute Gasteiger partial charge is 0.484 e. The highest BCUT2D eigenvalue weighted by molar-refractivity contribution is 5.92. The molecule has 2 rings (SSSR count). The molecule has 0 aromatic heterocycles. The van der Waals surface area contributed by atoms with Crippen molar-refractivity contribution in [3.8, 4) is 5.75 Å². The van der Waals surface area contributed by atoms with Crippen LogP contribution in [0, 0.1) is 6.92 Å². The van der Waals surface area contributed by atoms with Crippen molar-refractivity contribution in [2.24, 2.45) is 5.73 Å². The van der Waals surface area contributed by atoms with E-state index in [9.17, 15) is 4.79 Å². The molecule has 3 N–H and O–H groups in total. The summed E-state index contributed by atoms with van der Waals surface area (Å²) < 4.78 is 5.45. The van der Waals surface area contributed by atoms with Gasteiger partial charge in [0, 0.05) is 12.2 Å². The molecule has 4 nitrogen and oxygen atoms in total. The molecule has 20 heavy (non-hydrogen) atoms. The minimum Gasteiger partial charge on any atom is -0.484 e. The number of anilines is 1. The molecule has 0 radical (unpaired) electrons. The summed E-state index contributed by atoms with van der Waals surface area (Å²) in [6.45, 7) is 2.34. The number of benzene rings is 2. The standard InChI is InChI=1S/C16H18N2O2/c1-12-5-4-7-14(9-12)20-11-16(19)18-15-8-3-2-6-13(15)10-17/h2-9H,10-11,17H2,1H3,(H,18,19). The zero-order valence-electron chi connectivity index (χ0n) is 11.4. The lowest BCUT2D eigenvalue weighted by Crippen LogP contribution is -2.21. The van der Waals surface area contributed by atoms with Crippen molar-refractivity contribution >= 4 is 11.6 Å². The van der Waals surface area contributed by atoms with Crippen molar-refractivity contribution in [1.29, 1.82) is 0 Å². The van der Waals surface area contributed by atoms with Crippen LogP contribution in [0.2, 0.25) is 0 Å². The number of ether oxygens (including phenoxy) is 1. The quantitative estimate of drug-likeness (QED) is 0.877. The van der Waals surface area contributed by atoms with Crippen LogP contribution in [-0.4, -0.2) is 12.5 Å². The zero-order chi connectivity index (χ0) is 14.4. The van der Waals surface area contributed by atoms with Gasteiger partial charge in [0.1, 0.15) is 5.75 Å². The molecule has 104 valence electrons. The molecule has 0 unspecified atom stereocenters. The normalized spacial score (nSPS) is 10.1. The van der Waals surface area contributed by atoms with Crippen LogP contribution in [0.25, 0.3) is 0 Å². The van der Waals surface area contributed by atoms with Crippen molar-refractivity contribution in [2.75, 3.05) is 11.9 Å². The Labute approximate surface area is 118 Å². The number of nitrogens with one attached hydrogen (secondary N) is 1. The van der Waals surface area contributed by atoms with Crippen LogP contribution in [0.3, 0.4) is 0 Å². The summed E-state index contributed by atoms with van der Waals surface area (Å²) in [6, 6.07) is 15.0. The van der Waals surface area contributed by atoms with Gasteiger partial charge in [-0.1, -0.05) is 30.3 Å². The predicted octanol–water partition coefficient (Wildman–Crippen LogP) is 2.47. The van der Waals surface area contributed by atoms with Gasteiger partial charge in [0.05, 0.1) is 0 Å². The molecule has 0 aliphatic heterocycles. The van der Waals surface area contributed by atoms with Gasteiger partial charge in [-0.2, -0.15) is 0 Å². The Morgan fingerprint density at radius 2 is 2.00 bits per heavy atom. The van der Waals surface area contributed by atoms with Crippen LogP contribution in [0.15, 0.2) is 48.5 Å². The molecule has 0 saturated carbocycles. The van der Waals surface area contributed by atoms with Gasteiger partial charge < -0.3 is 15.8 Å². The molecule has 0 aliphatic rings. The number of aryl methyl sites for hydroxylation is 1. The van der Waals surface area contributed by atoms with Gasteiger partial charge in [-0.05, 0) is 36.2 Å². The smallest absolute Gasteiger partial charge is 0.262 e. The summed E-state index contributed by atoms with van der Waals surface area (Å²) in [5.41, 5.74) is 8.35. The van der Waals surface area contributed by atoms with Crippen LogP contribution in [0.1, 0.15) is 11.1 Å². The van der Waals surface area contributed by atoms with E-state index >= 15 is 0 Å². The first-order valence-corrected chi connectivity index (χ1v) is 6.46. The third-order valence-corrected chi connectivity index (χ3v) is 2.87. The molecule has 0 spiro atoms. The topological polar surface area (TPSA) is 64.3 Å². The SMILES string of the molecule is Cc1cccc(OCC(=O)Nc2ccccc2CN)c1. The number of para-hydroxylation sites is 1. The molecular weight excluding hydrogens is 252 g/mol. The third kappa shape index (κ3) is 3.83. The second-order valence-corrected chi connectivity index (χ2v) is 4.51. The molecule has 0 bridgehead atoms. The zero-order valence-corrected chi connectivity index (χ0v) is 11.4. The Balaban J connectivity index is 1.93.